The van der Waals surface area contributed by atoms with Crippen LogP contribution in [0.15, 0.2) is 47.4 Å². The standard InChI is InChI=1S/C19H21N5O9S/c1-20-15-8-7-14(9-16(15)24(28)29)34(30,31)21-10-18(26)33-11-17(25)23-19(27)22-12-3-5-13(32-2)6-4-12/h3-9,20-21H,10-11H2,1-2H3,(H2,22,23,25,27). The van der Waals surface area contributed by atoms with Crippen LogP contribution in [0.5, 0.6) is 5.75 Å². The van der Waals surface area contributed by atoms with E-state index in [-0.39, 0.29) is 5.69 Å². The molecule has 0 saturated carbocycles. The number of methoxy groups -OCH3 is 1. The number of nitrogens with zero attached hydrogens (tertiary/aromatic N) is 1. The maximum atomic E-state index is 12.3. The predicted octanol–water partition coefficient (Wildman–Crippen LogP) is 0.815. The molecule has 182 valence electrons. The van der Waals surface area contributed by atoms with Crippen molar-refractivity contribution < 1.29 is 37.2 Å². The number of nitro benzene ring substituents is 1. The van der Waals surface area contributed by atoms with E-state index in [9.17, 15) is 32.9 Å². The number of hydrogen-bond acceptors (Lipinski definition) is 10. The molecule has 0 spiro atoms. The first kappa shape index (κ1) is 26.0. The van der Waals surface area contributed by atoms with Gasteiger partial charge in [-0.15, -0.1) is 0 Å². The minimum Gasteiger partial charge on any atom is -0.497 e. The lowest BCUT2D eigenvalue weighted by Crippen LogP contribution is -2.38. The van der Waals surface area contributed by atoms with Gasteiger partial charge in [0.15, 0.2) is 6.61 Å². The number of amides is 3. The Balaban J connectivity index is 1.83. The third-order valence-electron chi connectivity index (χ3n) is 4.12. The van der Waals surface area contributed by atoms with Gasteiger partial charge in [0, 0.05) is 18.8 Å². The Kier molecular flexibility index (Phi) is 8.86. The van der Waals surface area contributed by atoms with Gasteiger partial charge in [0.1, 0.15) is 18.0 Å². The van der Waals surface area contributed by atoms with Crippen molar-refractivity contribution in [3.05, 3.63) is 52.6 Å². The van der Waals surface area contributed by atoms with Crippen molar-refractivity contribution in [3.8, 4) is 5.75 Å². The van der Waals surface area contributed by atoms with Gasteiger partial charge in [-0.05, 0) is 36.4 Å². The maximum absolute atomic E-state index is 12.3. The predicted molar refractivity (Wildman–Crippen MR) is 119 cm³/mol. The third-order valence-corrected chi connectivity index (χ3v) is 5.52. The molecular weight excluding hydrogens is 474 g/mol. The number of sulfonamides is 1. The number of carbonyl (C=O) groups is 3. The Hall–Kier alpha value is -4.24. The van der Waals surface area contributed by atoms with E-state index in [4.69, 9.17) is 4.74 Å². The molecule has 4 N–H and O–H groups in total. The van der Waals surface area contributed by atoms with E-state index in [0.717, 1.165) is 12.1 Å². The SMILES string of the molecule is CNc1ccc(S(=O)(=O)NCC(=O)OCC(=O)NC(=O)Nc2ccc(OC)cc2)cc1[N+](=O)[O-]. The molecule has 0 aliphatic carbocycles. The first-order valence-corrected chi connectivity index (χ1v) is 10.9. The third kappa shape index (κ3) is 7.42. The molecule has 2 aromatic rings. The van der Waals surface area contributed by atoms with Gasteiger partial charge in [-0.2, -0.15) is 4.72 Å². The van der Waals surface area contributed by atoms with Crippen molar-refractivity contribution in [2.24, 2.45) is 0 Å². The molecule has 0 aromatic heterocycles. The summed E-state index contributed by atoms with van der Waals surface area (Å²) in [7, 11) is -1.38. The second-order valence-electron chi connectivity index (χ2n) is 6.40. The number of hydrogen-bond donors (Lipinski definition) is 4. The number of anilines is 2. The van der Waals surface area contributed by atoms with Crippen LogP contribution in [-0.2, 0) is 24.3 Å². The van der Waals surface area contributed by atoms with Gasteiger partial charge < -0.3 is 20.1 Å². The highest BCUT2D eigenvalue weighted by Crippen LogP contribution is 2.26. The van der Waals surface area contributed by atoms with Crippen LogP contribution in [0, 0.1) is 10.1 Å². The van der Waals surface area contributed by atoms with Crippen molar-refractivity contribution in [1.82, 2.24) is 10.0 Å². The number of imide groups is 1. The van der Waals surface area contributed by atoms with E-state index in [1.54, 1.807) is 12.1 Å². The van der Waals surface area contributed by atoms with Crippen LogP contribution in [0.1, 0.15) is 0 Å². The van der Waals surface area contributed by atoms with Crippen LogP contribution in [0.4, 0.5) is 21.9 Å². The van der Waals surface area contributed by atoms with Gasteiger partial charge in [0.05, 0.1) is 16.9 Å². The first-order chi connectivity index (χ1) is 16.1. The molecule has 14 nitrogen and oxygen atoms in total. The number of carbonyl (C=O) groups excluding carboxylic acids is 3. The highest BCUT2D eigenvalue weighted by Gasteiger charge is 2.22. The van der Waals surface area contributed by atoms with Crippen LogP contribution in [0.3, 0.4) is 0 Å². The molecule has 0 fully saturated rings. The zero-order chi connectivity index (χ0) is 25.3. The summed E-state index contributed by atoms with van der Waals surface area (Å²) < 4.78 is 36.1. The normalized spacial score (nSPS) is 10.6. The largest absolute Gasteiger partial charge is 0.497 e. The summed E-state index contributed by atoms with van der Waals surface area (Å²) in [6.07, 6.45) is 0. The topological polar surface area (TPSA) is 195 Å². The lowest BCUT2D eigenvalue weighted by molar-refractivity contribution is -0.384. The number of nitrogens with one attached hydrogen (secondary N) is 4. The molecule has 2 aromatic carbocycles. The number of rotatable bonds is 10. The fraction of sp³-hybridized carbons (Fsp3) is 0.211. The molecule has 0 bridgehead atoms. The number of ether oxygens (including phenoxy) is 2. The zero-order valence-corrected chi connectivity index (χ0v) is 18.8. The summed E-state index contributed by atoms with van der Waals surface area (Å²) in [5, 5.41) is 18.0. The lowest BCUT2D eigenvalue weighted by atomic mass is 10.3. The van der Waals surface area contributed by atoms with Crippen molar-refractivity contribution in [2.45, 2.75) is 4.90 Å². The van der Waals surface area contributed by atoms with E-state index >= 15 is 0 Å². The smallest absolute Gasteiger partial charge is 0.325 e. The second kappa shape index (κ2) is 11.6. The number of esters is 1. The first-order valence-electron chi connectivity index (χ1n) is 9.42. The van der Waals surface area contributed by atoms with E-state index in [2.05, 4.69) is 15.4 Å². The van der Waals surface area contributed by atoms with Crippen LogP contribution in [0.25, 0.3) is 0 Å². The minimum absolute atomic E-state index is 0.102. The van der Waals surface area contributed by atoms with Crippen molar-refractivity contribution in [1.29, 1.82) is 0 Å². The molecule has 0 radical (unpaired) electrons. The molecule has 0 unspecified atom stereocenters. The molecule has 2 rings (SSSR count). The van der Waals surface area contributed by atoms with Gasteiger partial charge in [-0.3, -0.25) is 25.0 Å². The highest BCUT2D eigenvalue weighted by molar-refractivity contribution is 7.89. The van der Waals surface area contributed by atoms with Gasteiger partial charge in [0.2, 0.25) is 10.0 Å². The van der Waals surface area contributed by atoms with E-state index < -0.39 is 56.6 Å². The van der Waals surface area contributed by atoms with E-state index in [1.807, 2.05) is 10.0 Å². The molecule has 0 atom stereocenters. The maximum Gasteiger partial charge on any atom is 0.325 e. The fourth-order valence-electron chi connectivity index (χ4n) is 2.47. The molecule has 0 heterocycles. The van der Waals surface area contributed by atoms with Crippen LogP contribution < -0.4 is 25.4 Å². The molecule has 0 saturated heterocycles. The van der Waals surface area contributed by atoms with Crippen LogP contribution in [-0.4, -0.2) is 58.6 Å². The number of nitro groups is 1. The van der Waals surface area contributed by atoms with Gasteiger partial charge >= 0.3 is 12.0 Å². The van der Waals surface area contributed by atoms with Crippen molar-refractivity contribution in [2.75, 3.05) is 37.9 Å². The van der Waals surface area contributed by atoms with Crippen molar-refractivity contribution >= 4 is 45.0 Å². The van der Waals surface area contributed by atoms with Gasteiger partial charge in [-0.25, -0.2) is 13.2 Å². The summed E-state index contributed by atoms with van der Waals surface area (Å²) in [5.41, 5.74) is 0.00317. The summed E-state index contributed by atoms with van der Waals surface area (Å²) in [6, 6.07) is 8.52. The van der Waals surface area contributed by atoms with Crippen LogP contribution in [0.2, 0.25) is 0 Å². The molecule has 15 heteroatoms. The average Bonchev–Trinajstić information content (AvgIpc) is 2.81. The number of benzene rings is 2. The summed E-state index contributed by atoms with van der Waals surface area (Å²) >= 11 is 0. The minimum atomic E-state index is -4.29. The molecule has 34 heavy (non-hydrogen) atoms. The average molecular weight is 495 g/mol. The monoisotopic (exact) mass is 495 g/mol. The fourth-order valence-corrected chi connectivity index (χ4v) is 3.46. The van der Waals surface area contributed by atoms with E-state index in [0.29, 0.717) is 11.4 Å². The Morgan fingerprint density at radius 1 is 1.09 bits per heavy atom. The lowest BCUT2D eigenvalue weighted by Gasteiger charge is -2.09. The summed E-state index contributed by atoms with van der Waals surface area (Å²) in [5.74, 6) is -1.51. The Bertz CT molecular complexity index is 1180. The Morgan fingerprint density at radius 2 is 1.76 bits per heavy atom. The van der Waals surface area contributed by atoms with E-state index in [1.165, 1.54) is 32.4 Å². The highest BCUT2D eigenvalue weighted by atomic mass is 32.2. The number of urea groups is 1. The molecule has 3 amide bonds. The van der Waals surface area contributed by atoms with Crippen molar-refractivity contribution in [3.63, 3.8) is 0 Å². The Morgan fingerprint density at radius 3 is 2.35 bits per heavy atom. The summed E-state index contributed by atoms with van der Waals surface area (Å²) in [6.45, 7) is -1.70. The molecular formula is C19H21N5O9S. The quantitative estimate of drug-likeness (QED) is 0.208. The van der Waals surface area contributed by atoms with Gasteiger partial charge in [-0.1, -0.05) is 0 Å². The van der Waals surface area contributed by atoms with Crippen LogP contribution >= 0.6 is 0 Å². The van der Waals surface area contributed by atoms with Gasteiger partial charge in [0.25, 0.3) is 11.6 Å². The summed E-state index contributed by atoms with van der Waals surface area (Å²) in [4.78, 5) is 45.2. The zero-order valence-electron chi connectivity index (χ0n) is 18.0. The second-order valence-corrected chi connectivity index (χ2v) is 8.17. The Labute approximate surface area is 193 Å². The molecule has 0 aliphatic heterocycles. The molecule has 0 aliphatic rings.